The Morgan fingerprint density at radius 3 is 2.85 bits per heavy atom. The van der Waals surface area contributed by atoms with Crippen LogP contribution in [0.3, 0.4) is 0 Å². The van der Waals surface area contributed by atoms with Gasteiger partial charge >= 0.3 is 0 Å². The van der Waals surface area contributed by atoms with Gasteiger partial charge in [-0.15, -0.1) is 5.73 Å². The fourth-order valence-electron chi connectivity index (χ4n) is 0.865. The number of rotatable bonds is 2. The fraction of sp³-hybridized carbons (Fsp3) is 0. The van der Waals surface area contributed by atoms with Gasteiger partial charge in [-0.3, -0.25) is 10.1 Å². The van der Waals surface area contributed by atoms with E-state index in [-0.39, 0.29) is 11.3 Å². The van der Waals surface area contributed by atoms with E-state index < -0.39 is 10.7 Å². The summed E-state index contributed by atoms with van der Waals surface area (Å²) < 4.78 is 12.9. The minimum Gasteiger partial charge on any atom is -0.258 e. The zero-order valence-electron chi connectivity index (χ0n) is 6.66. The summed E-state index contributed by atoms with van der Waals surface area (Å²) in [5.74, 6) is -0.526. The number of hydrogen-bond donors (Lipinski definition) is 0. The van der Waals surface area contributed by atoms with Crippen LogP contribution in [-0.2, 0) is 0 Å². The van der Waals surface area contributed by atoms with Gasteiger partial charge in [0.15, 0.2) is 0 Å². The molecular formula is C9H6FNO2. The van der Waals surface area contributed by atoms with Crippen LogP contribution in [-0.4, -0.2) is 4.92 Å². The predicted octanol–water partition coefficient (Wildman–Crippen LogP) is 2.53. The third-order valence-electron chi connectivity index (χ3n) is 1.45. The standard InChI is InChI=1S/C9H6FNO2/c1-2-3-7-6-8(11(12)13)4-5-9(7)10/h3-6H,1H2. The zero-order valence-corrected chi connectivity index (χ0v) is 6.66. The number of nitro groups is 1. The van der Waals surface area contributed by atoms with Crippen LogP contribution in [0, 0.1) is 15.9 Å². The lowest BCUT2D eigenvalue weighted by Gasteiger charge is -1.95. The van der Waals surface area contributed by atoms with Crippen molar-refractivity contribution in [2.45, 2.75) is 0 Å². The van der Waals surface area contributed by atoms with Crippen molar-refractivity contribution in [2.24, 2.45) is 0 Å². The number of nitrogens with zero attached hydrogens (tertiary/aromatic N) is 1. The first-order valence-electron chi connectivity index (χ1n) is 3.45. The average molecular weight is 179 g/mol. The summed E-state index contributed by atoms with van der Waals surface area (Å²) in [6.07, 6.45) is 1.25. The van der Waals surface area contributed by atoms with E-state index in [0.29, 0.717) is 0 Å². The third kappa shape index (κ3) is 2.01. The molecule has 0 aliphatic rings. The summed E-state index contributed by atoms with van der Waals surface area (Å²) in [7, 11) is 0. The van der Waals surface area contributed by atoms with Crippen molar-refractivity contribution in [1.82, 2.24) is 0 Å². The molecule has 4 heteroatoms. The van der Waals surface area contributed by atoms with Crippen LogP contribution in [0.25, 0.3) is 6.08 Å². The van der Waals surface area contributed by atoms with Crippen LogP contribution < -0.4 is 0 Å². The first-order valence-corrected chi connectivity index (χ1v) is 3.45. The van der Waals surface area contributed by atoms with Crippen molar-refractivity contribution >= 4 is 11.8 Å². The maximum absolute atomic E-state index is 12.9. The smallest absolute Gasteiger partial charge is 0.258 e. The number of hydrogen-bond acceptors (Lipinski definition) is 2. The molecule has 0 unspecified atom stereocenters. The molecule has 1 rings (SSSR count). The number of benzene rings is 1. The average Bonchev–Trinajstić information content (AvgIpc) is 2.08. The van der Waals surface area contributed by atoms with E-state index in [0.717, 1.165) is 18.2 Å². The number of halogens is 1. The summed E-state index contributed by atoms with van der Waals surface area (Å²) in [6.45, 7) is 3.25. The maximum atomic E-state index is 12.9. The fourth-order valence-corrected chi connectivity index (χ4v) is 0.865. The SMILES string of the molecule is C=C=Cc1cc([N+](=O)[O-])ccc1F. The van der Waals surface area contributed by atoms with Crippen molar-refractivity contribution in [2.75, 3.05) is 0 Å². The molecule has 0 aromatic heterocycles. The van der Waals surface area contributed by atoms with Crippen molar-refractivity contribution in [1.29, 1.82) is 0 Å². The minimum absolute atomic E-state index is 0.115. The Balaban J connectivity index is 3.26. The van der Waals surface area contributed by atoms with Crippen molar-refractivity contribution in [3.05, 3.63) is 52.0 Å². The summed E-state index contributed by atoms with van der Waals surface area (Å²) in [4.78, 5) is 9.72. The van der Waals surface area contributed by atoms with E-state index in [2.05, 4.69) is 12.3 Å². The molecule has 0 saturated carbocycles. The molecule has 3 nitrogen and oxygen atoms in total. The van der Waals surface area contributed by atoms with Crippen LogP contribution in [0.15, 0.2) is 30.5 Å². The predicted molar refractivity (Wildman–Crippen MR) is 46.7 cm³/mol. The van der Waals surface area contributed by atoms with Gasteiger partial charge in [0.2, 0.25) is 0 Å². The van der Waals surface area contributed by atoms with Gasteiger partial charge in [0.1, 0.15) is 5.82 Å². The molecule has 0 heterocycles. The van der Waals surface area contributed by atoms with Gasteiger partial charge in [-0.1, -0.05) is 6.58 Å². The lowest BCUT2D eigenvalue weighted by Crippen LogP contribution is -1.90. The normalized spacial score (nSPS) is 9.00. The van der Waals surface area contributed by atoms with Gasteiger partial charge in [0.25, 0.3) is 5.69 Å². The first kappa shape index (κ1) is 9.16. The van der Waals surface area contributed by atoms with Gasteiger partial charge in [-0.2, -0.15) is 0 Å². The topological polar surface area (TPSA) is 43.1 Å². The van der Waals surface area contributed by atoms with Gasteiger partial charge in [0.05, 0.1) is 4.92 Å². The Hall–Kier alpha value is -1.93. The summed E-state index contributed by atoms with van der Waals surface area (Å²) in [5, 5.41) is 10.3. The second-order valence-electron chi connectivity index (χ2n) is 2.31. The number of non-ortho nitro benzene ring substituents is 1. The molecule has 66 valence electrons. The molecule has 0 bridgehead atoms. The molecule has 0 amide bonds. The molecule has 0 fully saturated rings. The Kier molecular flexibility index (Phi) is 2.57. The van der Waals surface area contributed by atoms with Crippen LogP contribution >= 0.6 is 0 Å². The Morgan fingerprint density at radius 1 is 1.62 bits per heavy atom. The van der Waals surface area contributed by atoms with E-state index >= 15 is 0 Å². The molecular weight excluding hydrogens is 173 g/mol. The van der Waals surface area contributed by atoms with E-state index in [4.69, 9.17) is 0 Å². The lowest BCUT2D eigenvalue weighted by atomic mass is 10.2. The van der Waals surface area contributed by atoms with Crippen LogP contribution in [0.5, 0.6) is 0 Å². The van der Waals surface area contributed by atoms with E-state index in [1.54, 1.807) is 0 Å². The van der Waals surface area contributed by atoms with Gasteiger partial charge in [-0.05, 0) is 12.1 Å². The van der Waals surface area contributed by atoms with Crippen LogP contribution in [0.1, 0.15) is 5.56 Å². The van der Waals surface area contributed by atoms with Gasteiger partial charge in [0, 0.05) is 17.7 Å². The number of nitro benzene ring substituents is 1. The Bertz CT molecular complexity index is 395. The summed E-state index contributed by atoms with van der Waals surface area (Å²) in [5.41, 5.74) is 2.32. The highest BCUT2D eigenvalue weighted by molar-refractivity contribution is 5.53. The third-order valence-corrected chi connectivity index (χ3v) is 1.45. The lowest BCUT2D eigenvalue weighted by molar-refractivity contribution is -0.384. The van der Waals surface area contributed by atoms with Gasteiger partial charge < -0.3 is 0 Å². The van der Waals surface area contributed by atoms with E-state index in [1.807, 2.05) is 0 Å². The van der Waals surface area contributed by atoms with Crippen molar-refractivity contribution < 1.29 is 9.31 Å². The largest absolute Gasteiger partial charge is 0.270 e. The quantitative estimate of drug-likeness (QED) is 0.397. The molecule has 0 atom stereocenters. The highest BCUT2D eigenvalue weighted by Gasteiger charge is 2.08. The molecule has 13 heavy (non-hydrogen) atoms. The molecule has 1 aromatic carbocycles. The second kappa shape index (κ2) is 3.65. The zero-order chi connectivity index (χ0) is 9.84. The molecule has 1 aromatic rings. The highest BCUT2D eigenvalue weighted by Crippen LogP contribution is 2.17. The van der Waals surface area contributed by atoms with Crippen LogP contribution in [0.2, 0.25) is 0 Å². The van der Waals surface area contributed by atoms with Gasteiger partial charge in [-0.25, -0.2) is 4.39 Å². The molecule has 0 aliphatic heterocycles. The molecule has 0 aliphatic carbocycles. The van der Waals surface area contributed by atoms with Crippen molar-refractivity contribution in [3.8, 4) is 0 Å². The first-order chi connectivity index (χ1) is 6.15. The van der Waals surface area contributed by atoms with Crippen molar-refractivity contribution in [3.63, 3.8) is 0 Å². The maximum Gasteiger partial charge on any atom is 0.270 e. The molecule has 0 radical (unpaired) electrons. The molecule has 0 spiro atoms. The molecule has 0 N–H and O–H groups in total. The van der Waals surface area contributed by atoms with E-state index in [1.165, 1.54) is 6.08 Å². The minimum atomic E-state index is -0.583. The summed E-state index contributed by atoms with van der Waals surface area (Å²) in [6, 6.07) is 3.28. The Morgan fingerprint density at radius 2 is 2.31 bits per heavy atom. The molecule has 0 saturated heterocycles. The van der Waals surface area contributed by atoms with Crippen LogP contribution in [0.4, 0.5) is 10.1 Å². The highest BCUT2D eigenvalue weighted by atomic mass is 19.1. The van der Waals surface area contributed by atoms with E-state index in [9.17, 15) is 14.5 Å². The summed E-state index contributed by atoms with van der Waals surface area (Å²) >= 11 is 0. The second-order valence-corrected chi connectivity index (χ2v) is 2.31. The Labute approximate surface area is 74.0 Å². The monoisotopic (exact) mass is 179 g/mol.